The van der Waals surface area contributed by atoms with E-state index in [2.05, 4.69) is 13.0 Å². The van der Waals surface area contributed by atoms with Crippen LogP contribution in [0.15, 0.2) is 24.3 Å². The van der Waals surface area contributed by atoms with Crippen LogP contribution in [0.4, 0.5) is 0 Å². The van der Waals surface area contributed by atoms with E-state index in [1.807, 2.05) is 24.3 Å². The van der Waals surface area contributed by atoms with Gasteiger partial charge in [-0.2, -0.15) is 5.26 Å². The van der Waals surface area contributed by atoms with Crippen molar-refractivity contribution in [3.8, 4) is 6.07 Å². The lowest BCUT2D eigenvalue weighted by atomic mass is 9.91. The van der Waals surface area contributed by atoms with Crippen LogP contribution < -0.4 is 0 Å². The van der Waals surface area contributed by atoms with Crippen LogP contribution in [0.1, 0.15) is 62.7 Å². The van der Waals surface area contributed by atoms with E-state index in [1.54, 1.807) is 0 Å². The molecule has 1 heterocycles. The summed E-state index contributed by atoms with van der Waals surface area (Å²) in [6, 6.07) is 9.97. The van der Waals surface area contributed by atoms with Crippen molar-refractivity contribution in [2.75, 3.05) is 6.61 Å². The first-order valence-corrected chi connectivity index (χ1v) is 7.45. The van der Waals surface area contributed by atoms with E-state index in [0.717, 1.165) is 24.5 Å². The Hall–Kier alpha value is -1.33. The molecule has 1 aromatic carbocycles. The maximum atomic E-state index is 8.80. The average molecular weight is 257 g/mol. The summed E-state index contributed by atoms with van der Waals surface area (Å²) < 4.78 is 6.00. The van der Waals surface area contributed by atoms with Crippen LogP contribution in [0.5, 0.6) is 0 Å². The van der Waals surface area contributed by atoms with Gasteiger partial charge in [0.2, 0.25) is 0 Å². The molecule has 0 aliphatic carbocycles. The van der Waals surface area contributed by atoms with E-state index in [1.165, 1.54) is 37.7 Å². The molecule has 2 nitrogen and oxygen atoms in total. The molecule has 2 heteroatoms. The van der Waals surface area contributed by atoms with E-state index in [-0.39, 0.29) is 6.10 Å². The Morgan fingerprint density at radius 3 is 2.58 bits per heavy atom. The molecule has 0 amide bonds. The zero-order valence-electron chi connectivity index (χ0n) is 11.8. The number of benzene rings is 1. The Bertz CT molecular complexity index is 410. The maximum absolute atomic E-state index is 8.80. The van der Waals surface area contributed by atoms with Crippen LogP contribution >= 0.6 is 0 Å². The third-order valence-electron chi connectivity index (χ3n) is 4.00. The number of rotatable bonds is 5. The largest absolute Gasteiger partial charge is 0.373 e. The fraction of sp³-hybridized carbons (Fsp3) is 0.588. The lowest BCUT2D eigenvalue weighted by Gasteiger charge is -2.29. The maximum Gasteiger partial charge on any atom is 0.0991 e. The topological polar surface area (TPSA) is 33.0 Å². The molecule has 102 valence electrons. The number of nitriles is 1. The molecule has 1 saturated heterocycles. The Morgan fingerprint density at radius 2 is 2.00 bits per heavy atom. The van der Waals surface area contributed by atoms with E-state index in [0.29, 0.717) is 0 Å². The number of nitrogens with zero attached hydrogens (tertiary/aromatic N) is 1. The zero-order valence-corrected chi connectivity index (χ0v) is 11.8. The smallest absolute Gasteiger partial charge is 0.0991 e. The highest BCUT2D eigenvalue weighted by molar-refractivity contribution is 5.32. The molecule has 1 aromatic rings. The summed E-state index contributed by atoms with van der Waals surface area (Å²) in [5, 5.41) is 8.80. The molecule has 1 aliphatic heterocycles. The Morgan fingerprint density at radius 1 is 1.21 bits per heavy atom. The van der Waals surface area contributed by atoms with E-state index >= 15 is 0 Å². The molecule has 1 fully saturated rings. The predicted molar refractivity (Wildman–Crippen MR) is 76.7 cm³/mol. The minimum absolute atomic E-state index is 0.232. The van der Waals surface area contributed by atoms with Crippen molar-refractivity contribution < 1.29 is 4.74 Å². The van der Waals surface area contributed by atoms with Crippen LogP contribution in [-0.4, -0.2) is 6.61 Å². The lowest BCUT2D eigenvalue weighted by molar-refractivity contribution is -0.0198. The summed E-state index contributed by atoms with van der Waals surface area (Å²) in [5.41, 5.74) is 1.93. The molecule has 0 spiro atoms. The van der Waals surface area contributed by atoms with Gasteiger partial charge in [-0.05, 0) is 42.9 Å². The summed E-state index contributed by atoms with van der Waals surface area (Å²) in [4.78, 5) is 0. The van der Waals surface area contributed by atoms with E-state index in [9.17, 15) is 0 Å². The molecule has 2 unspecified atom stereocenters. The molecular formula is C17H23NO. The van der Waals surface area contributed by atoms with Crippen LogP contribution in [-0.2, 0) is 4.74 Å². The second-order valence-electron chi connectivity index (χ2n) is 5.49. The highest BCUT2D eigenvalue weighted by Crippen LogP contribution is 2.32. The predicted octanol–water partition coefficient (Wildman–Crippen LogP) is 4.61. The fourth-order valence-electron chi connectivity index (χ4n) is 2.75. The van der Waals surface area contributed by atoms with Crippen molar-refractivity contribution in [2.45, 2.75) is 51.6 Å². The first-order valence-electron chi connectivity index (χ1n) is 7.45. The lowest BCUT2D eigenvalue weighted by Crippen LogP contribution is -2.20. The van der Waals surface area contributed by atoms with Gasteiger partial charge >= 0.3 is 0 Å². The summed E-state index contributed by atoms with van der Waals surface area (Å²) in [7, 11) is 0. The van der Waals surface area contributed by atoms with Gasteiger partial charge in [-0.1, -0.05) is 38.3 Å². The van der Waals surface area contributed by atoms with Crippen LogP contribution in [0.25, 0.3) is 0 Å². The highest BCUT2D eigenvalue weighted by atomic mass is 16.5. The molecule has 19 heavy (non-hydrogen) atoms. The first kappa shape index (κ1) is 14.1. The van der Waals surface area contributed by atoms with Gasteiger partial charge in [0, 0.05) is 0 Å². The van der Waals surface area contributed by atoms with Gasteiger partial charge in [0.05, 0.1) is 24.3 Å². The number of unbranched alkanes of at least 4 members (excludes halogenated alkanes) is 2. The van der Waals surface area contributed by atoms with Gasteiger partial charge in [-0.25, -0.2) is 0 Å². The van der Waals surface area contributed by atoms with Crippen LogP contribution in [0, 0.1) is 17.2 Å². The standard InChI is InChI=1S/C17H23NO/c1-2-3-4-5-15-8-11-17(19-13-15)16-9-6-14(12-18)7-10-16/h6-7,9-10,15,17H,2-5,8,11,13H2,1H3. The number of hydrogen-bond donors (Lipinski definition) is 0. The van der Waals surface area contributed by atoms with Gasteiger partial charge in [0.25, 0.3) is 0 Å². The minimum atomic E-state index is 0.232. The van der Waals surface area contributed by atoms with Crippen LogP contribution in [0.3, 0.4) is 0 Å². The SMILES string of the molecule is CCCCCC1CCC(c2ccc(C#N)cc2)OC1. The minimum Gasteiger partial charge on any atom is -0.373 e. The number of hydrogen-bond acceptors (Lipinski definition) is 2. The second-order valence-corrected chi connectivity index (χ2v) is 5.49. The van der Waals surface area contributed by atoms with Gasteiger partial charge in [0.15, 0.2) is 0 Å². The summed E-state index contributed by atoms with van der Waals surface area (Å²) >= 11 is 0. The molecule has 2 rings (SSSR count). The Kier molecular flexibility index (Phi) is 5.42. The molecule has 0 aromatic heterocycles. The summed E-state index contributed by atoms with van der Waals surface area (Å²) in [6.45, 7) is 3.15. The van der Waals surface area contributed by atoms with Gasteiger partial charge in [0.1, 0.15) is 0 Å². The molecule has 0 radical (unpaired) electrons. The molecule has 0 saturated carbocycles. The summed E-state index contributed by atoms with van der Waals surface area (Å²) in [6.07, 6.45) is 7.91. The summed E-state index contributed by atoms with van der Waals surface area (Å²) in [5.74, 6) is 0.751. The normalized spacial score (nSPS) is 22.9. The van der Waals surface area contributed by atoms with E-state index < -0.39 is 0 Å². The Balaban J connectivity index is 1.80. The zero-order chi connectivity index (χ0) is 13.5. The Labute approximate surface area is 116 Å². The van der Waals surface area contributed by atoms with E-state index in [4.69, 9.17) is 10.00 Å². The van der Waals surface area contributed by atoms with Gasteiger partial charge < -0.3 is 4.74 Å². The highest BCUT2D eigenvalue weighted by Gasteiger charge is 2.22. The van der Waals surface area contributed by atoms with Gasteiger partial charge in [-0.15, -0.1) is 0 Å². The third-order valence-corrected chi connectivity index (χ3v) is 4.00. The van der Waals surface area contributed by atoms with Crippen LogP contribution in [0.2, 0.25) is 0 Å². The fourth-order valence-corrected chi connectivity index (χ4v) is 2.75. The number of ether oxygens (including phenoxy) is 1. The average Bonchev–Trinajstić information content (AvgIpc) is 2.48. The first-order chi connectivity index (χ1) is 9.33. The molecule has 0 N–H and O–H groups in total. The van der Waals surface area contributed by atoms with Gasteiger partial charge in [-0.3, -0.25) is 0 Å². The van der Waals surface area contributed by atoms with Crippen molar-refractivity contribution in [2.24, 2.45) is 5.92 Å². The molecule has 0 bridgehead atoms. The van der Waals surface area contributed by atoms with Crippen molar-refractivity contribution in [1.82, 2.24) is 0 Å². The van der Waals surface area contributed by atoms with Crippen molar-refractivity contribution >= 4 is 0 Å². The monoisotopic (exact) mass is 257 g/mol. The molecular weight excluding hydrogens is 234 g/mol. The van der Waals surface area contributed by atoms with Crippen molar-refractivity contribution in [3.63, 3.8) is 0 Å². The van der Waals surface area contributed by atoms with Crippen molar-refractivity contribution in [3.05, 3.63) is 35.4 Å². The quantitative estimate of drug-likeness (QED) is 0.722. The van der Waals surface area contributed by atoms with Crippen molar-refractivity contribution in [1.29, 1.82) is 5.26 Å². The molecule has 2 atom stereocenters. The third kappa shape index (κ3) is 4.08. The molecule has 1 aliphatic rings. The second kappa shape index (κ2) is 7.31.